The molecular formula is C10H9ClN2O11P2. The molecule has 0 radical (unpaired) electrons. The summed E-state index contributed by atoms with van der Waals surface area (Å²) >= 11 is 4.41. The molecule has 0 saturated heterocycles. The molecule has 0 amide bonds. The van der Waals surface area contributed by atoms with Gasteiger partial charge in [-0.2, -0.15) is 4.31 Å². The largest absolute Gasteiger partial charge is 0.477 e. The molecule has 0 aliphatic heterocycles. The molecule has 142 valence electrons. The Morgan fingerprint density at radius 3 is 2.19 bits per heavy atom. The van der Waals surface area contributed by atoms with Crippen LogP contribution >= 0.6 is 26.0 Å². The molecule has 1 aromatic carbocycles. The van der Waals surface area contributed by atoms with Crippen LogP contribution in [0, 0.1) is 10.1 Å². The summed E-state index contributed by atoms with van der Waals surface area (Å²) in [7, 11) is -4.93. The van der Waals surface area contributed by atoms with E-state index in [-0.39, 0.29) is 16.6 Å². The quantitative estimate of drug-likeness (QED) is 0.151. The Bertz CT molecular complexity index is 939. The maximum atomic E-state index is 11.4. The second-order valence-electron chi connectivity index (χ2n) is 4.32. The molecule has 1 unspecified atom stereocenters. The SMILES string of the molecule is O=C(O)C(=O)c1c[nH]c2cccc([N+](=O)[O-])c12.O=P(O)(O)OP(=O)(O)Cl. The summed E-state index contributed by atoms with van der Waals surface area (Å²) in [5.41, 5.74) is -0.156. The van der Waals surface area contributed by atoms with Gasteiger partial charge in [-0.25, -0.2) is 13.9 Å². The van der Waals surface area contributed by atoms with Crippen molar-refractivity contribution in [2.45, 2.75) is 0 Å². The Labute approximate surface area is 147 Å². The van der Waals surface area contributed by atoms with E-state index in [0.29, 0.717) is 5.52 Å². The number of carboxylic acid groups (broad SMARTS) is 1. The molecule has 1 aromatic heterocycles. The normalized spacial score (nSPS) is 13.4. The highest BCUT2D eigenvalue weighted by molar-refractivity contribution is 7.84. The van der Waals surface area contributed by atoms with Crippen LogP contribution in [0.25, 0.3) is 10.9 Å². The monoisotopic (exact) mass is 430 g/mol. The van der Waals surface area contributed by atoms with Gasteiger partial charge in [-0.15, -0.1) is 0 Å². The van der Waals surface area contributed by atoms with Gasteiger partial charge >= 0.3 is 20.7 Å². The molecule has 16 heteroatoms. The summed E-state index contributed by atoms with van der Waals surface area (Å²) in [4.78, 5) is 58.3. The van der Waals surface area contributed by atoms with Crippen LogP contribution in [-0.4, -0.2) is 41.4 Å². The van der Waals surface area contributed by atoms with Gasteiger partial charge in [0.15, 0.2) is 0 Å². The molecule has 0 aliphatic rings. The fraction of sp³-hybridized carbons (Fsp3) is 0. The summed E-state index contributed by atoms with van der Waals surface area (Å²) in [6.07, 6.45) is 1.16. The molecule has 26 heavy (non-hydrogen) atoms. The summed E-state index contributed by atoms with van der Waals surface area (Å²) < 4.78 is 22.7. The Hall–Kier alpha value is -2.11. The first-order valence-corrected chi connectivity index (χ1v) is 10.1. The number of nitro benzene ring substituents is 1. The summed E-state index contributed by atoms with van der Waals surface area (Å²) in [5, 5.41) is 19.4. The standard InChI is InChI=1S/C10H6N2O5.ClH3O6P2/c13-9(10(14)15)5-4-11-6-2-1-3-7(8(5)6)12(16)17;1-8(2,3)7-9(4,5)6/h1-4,11H,(H,14,15);(H,2,3)(H2,4,5,6). The number of fused-ring (bicyclic) bond motifs is 1. The average molecular weight is 431 g/mol. The van der Waals surface area contributed by atoms with Gasteiger partial charge in [-0.05, 0) is 6.07 Å². The number of Topliss-reactive ketones (excluding diaryl/α,β-unsaturated/α-hetero) is 1. The number of nitro groups is 1. The summed E-state index contributed by atoms with van der Waals surface area (Å²) in [6.45, 7) is -4.58. The molecular weight excluding hydrogens is 422 g/mol. The van der Waals surface area contributed by atoms with Gasteiger partial charge in [0.05, 0.1) is 21.4 Å². The van der Waals surface area contributed by atoms with Gasteiger partial charge in [0, 0.05) is 23.5 Å². The minimum Gasteiger partial charge on any atom is -0.475 e. The highest BCUT2D eigenvalue weighted by atomic mass is 35.7. The summed E-state index contributed by atoms with van der Waals surface area (Å²) in [6, 6.07) is 4.20. The molecule has 0 saturated carbocycles. The van der Waals surface area contributed by atoms with Crippen LogP contribution in [0.5, 0.6) is 0 Å². The number of H-pyrrole nitrogens is 1. The maximum absolute atomic E-state index is 11.4. The Balaban J connectivity index is 0.000000321. The Kier molecular flexibility index (Phi) is 6.80. The lowest BCUT2D eigenvalue weighted by molar-refractivity contribution is -0.383. The van der Waals surface area contributed by atoms with Crippen LogP contribution in [0.3, 0.4) is 0 Å². The summed E-state index contributed by atoms with van der Waals surface area (Å²) in [5.74, 6) is -2.82. The number of carboxylic acids is 1. The van der Waals surface area contributed by atoms with Crippen LogP contribution < -0.4 is 0 Å². The van der Waals surface area contributed by atoms with E-state index in [4.69, 9.17) is 19.8 Å². The first-order valence-electron chi connectivity index (χ1n) is 6.04. The van der Waals surface area contributed by atoms with E-state index in [1.165, 1.54) is 18.2 Å². The third-order valence-electron chi connectivity index (χ3n) is 2.53. The number of ketones is 1. The zero-order chi connectivity index (χ0) is 20.3. The lowest BCUT2D eigenvalue weighted by Gasteiger charge is -2.03. The molecule has 13 nitrogen and oxygen atoms in total. The Morgan fingerprint density at radius 2 is 1.81 bits per heavy atom. The van der Waals surface area contributed by atoms with Gasteiger partial charge in [-0.1, -0.05) is 6.07 Å². The van der Waals surface area contributed by atoms with Gasteiger partial charge < -0.3 is 24.8 Å². The molecule has 2 rings (SSSR count). The van der Waals surface area contributed by atoms with Gasteiger partial charge in [0.1, 0.15) is 0 Å². The number of aromatic nitrogens is 1. The van der Waals surface area contributed by atoms with Crippen LogP contribution in [0.1, 0.15) is 10.4 Å². The number of aliphatic carboxylic acids is 1. The molecule has 0 aliphatic carbocycles. The third-order valence-corrected chi connectivity index (χ3v) is 4.74. The fourth-order valence-corrected chi connectivity index (χ4v) is 3.52. The van der Waals surface area contributed by atoms with E-state index in [2.05, 4.69) is 20.5 Å². The molecule has 0 fully saturated rings. The lowest BCUT2D eigenvalue weighted by Crippen LogP contribution is -2.12. The van der Waals surface area contributed by atoms with Crippen molar-refractivity contribution in [2.75, 3.05) is 0 Å². The number of aromatic amines is 1. The third kappa shape index (κ3) is 6.32. The molecule has 5 N–H and O–H groups in total. The van der Waals surface area contributed by atoms with E-state index < -0.39 is 31.4 Å². The predicted octanol–water partition coefficient (Wildman–Crippen LogP) is 1.78. The number of phosphoric acid groups is 1. The zero-order valence-corrected chi connectivity index (χ0v) is 14.7. The second kappa shape index (κ2) is 8.06. The predicted molar refractivity (Wildman–Crippen MR) is 85.7 cm³/mol. The first kappa shape index (κ1) is 21.9. The van der Waals surface area contributed by atoms with Crippen LogP contribution in [0.4, 0.5) is 5.69 Å². The number of carbonyl (C=O) groups excluding carboxylic acids is 1. The van der Waals surface area contributed by atoms with Crippen molar-refractivity contribution >= 4 is 54.4 Å². The second-order valence-corrected chi connectivity index (χ2v) is 8.14. The van der Waals surface area contributed by atoms with Crippen LogP contribution in [0.15, 0.2) is 24.4 Å². The van der Waals surface area contributed by atoms with Crippen molar-refractivity contribution in [3.8, 4) is 0 Å². The molecule has 2 aromatic rings. The minimum atomic E-state index is -4.93. The van der Waals surface area contributed by atoms with Crippen molar-refractivity contribution in [1.82, 2.24) is 4.98 Å². The van der Waals surface area contributed by atoms with Crippen molar-refractivity contribution in [2.24, 2.45) is 0 Å². The highest BCUT2D eigenvalue weighted by Gasteiger charge is 2.28. The molecule has 0 spiro atoms. The number of benzene rings is 1. The highest BCUT2D eigenvalue weighted by Crippen LogP contribution is 2.60. The van der Waals surface area contributed by atoms with Crippen molar-refractivity contribution in [3.63, 3.8) is 0 Å². The van der Waals surface area contributed by atoms with E-state index in [1.54, 1.807) is 0 Å². The Morgan fingerprint density at radius 1 is 1.23 bits per heavy atom. The first-order chi connectivity index (χ1) is 11.7. The van der Waals surface area contributed by atoms with E-state index in [9.17, 15) is 28.8 Å². The van der Waals surface area contributed by atoms with E-state index in [1.807, 2.05) is 0 Å². The number of non-ortho nitro benzene ring substituents is 1. The topological polar surface area (TPSA) is 217 Å². The fourth-order valence-electron chi connectivity index (χ4n) is 1.74. The number of hydrogen-bond acceptors (Lipinski definition) is 7. The smallest absolute Gasteiger partial charge is 0.475 e. The van der Waals surface area contributed by atoms with E-state index >= 15 is 0 Å². The number of hydrogen-bond donors (Lipinski definition) is 5. The minimum absolute atomic E-state index is 0.0184. The van der Waals surface area contributed by atoms with Gasteiger partial charge in [-0.3, -0.25) is 14.9 Å². The molecule has 0 bridgehead atoms. The maximum Gasteiger partial charge on any atom is 0.477 e. The van der Waals surface area contributed by atoms with Crippen molar-refractivity contribution in [3.05, 3.63) is 40.1 Å². The van der Waals surface area contributed by atoms with Crippen LogP contribution in [-0.2, 0) is 18.2 Å². The number of halogens is 1. The van der Waals surface area contributed by atoms with Crippen molar-refractivity contribution in [1.29, 1.82) is 0 Å². The number of rotatable bonds is 5. The van der Waals surface area contributed by atoms with E-state index in [0.717, 1.165) is 6.20 Å². The lowest BCUT2D eigenvalue weighted by atomic mass is 10.1. The average Bonchev–Trinajstić information content (AvgIpc) is 2.86. The number of nitrogens with zero attached hydrogens (tertiary/aromatic N) is 1. The van der Waals surface area contributed by atoms with Gasteiger partial charge in [0.2, 0.25) is 0 Å². The molecule has 1 heterocycles. The zero-order valence-electron chi connectivity index (χ0n) is 12.2. The van der Waals surface area contributed by atoms with Crippen LogP contribution in [0.2, 0.25) is 0 Å². The number of carbonyl (C=O) groups is 2. The van der Waals surface area contributed by atoms with Crippen molar-refractivity contribution < 1.29 is 47.7 Å². The van der Waals surface area contributed by atoms with Gasteiger partial charge in [0.25, 0.3) is 11.5 Å². The number of nitrogens with one attached hydrogen (secondary N) is 1. The molecule has 1 atom stereocenters.